The van der Waals surface area contributed by atoms with E-state index >= 15 is 0 Å². The second-order valence-electron chi connectivity index (χ2n) is 9.26. The number of esters is 1. The lowest BCUT2D eigenvalue weighted by Crippen LogP contribution is -2.38. The van der Waals surface area contributed by atoms with Gasteiger partial charge < -0.3 is 14.8 Å². The quantitative estimate of drug-likeness (QED) is 0.413. The lowest BCUT2D eigenvalue weighted by atomic mass is 10.0. The Hall–Kier alpha value is -3.79. The van der Waals surface area contributed by atoms with Crippen LogP contribution in [0.15, 0.2) is 71.6 Å². The Balaban J connectivity index is 1.83. The van der Waals surface area contributed by atoms with E-state index in [9.17, 15) is 26.8 Å². The highest BCUT2D eigenvalue weighted by molar-refractivity contribution is 7.90. The summed E-state index contributed by atoms with van der Waals surface area (Å²) in [6.45, 7) is 5.02. The number of methoxy groups -OCH3 is 1. The van der Waals surface area contributed by atoms with Gasteiger partial charge in [-0.15, -0.1) is 0 Å². The van der Waals surface area contributed by atoms with E-state index in [4.69, 9.17) is 9.47 Å². The smallest absolute Gasteiger partial charge is 0.408 e. The summed E-state index contributed by atoms with van der Waals surface area (Å²) in [6, 6.07) is 13.7. The van der Waals surface area contributed by atoms with Crippen molar-refractivity contribution >= 4 is 21.9 Å². The molecule has 0 aliphatic carbocycles. The van der Waals surface area contributed by atoms with Crippen LogP contribution in [-0.4, -0.2) is 33.2 Å². The van der Waals surface area contributed by atoms with E-state index in [1.165, 1.54) is 43.5 Å². The van der Waals surface area contributed by atoms with Crippen molar-refractivity contribution in [2.45, 2.75) is 43.1 Å². The topological polar surface area (TPSA) is 98.8 Å². The van der Waals surface area contributed by atoms with E-state index in [1.54, 1.807) is 39.0 Å². The summed E-state index contributed by atoms with van der Waals surface area (Å²) in [5.41, 5.74) is 0.425. The number of halogens is 2. The molecule has 196 valence electrons. The fourth-order valence-electron chi connectivity index (χ4n) is 3.55. The maximum absolute atomic E-state index is 14.1. The lowest BCUT2D eigenvalue weighted by molar-refractivity contribution is -0.143. The predicted molar refractivity (Wildman–Crippen MR) is 133 cm³/mol. The maximum Gasteiger partial charge on any atom is 0.408 e. The lowest BCUT2D eigenvalue weighted by Gasteiger charge is -2.23. The molecule has 1 N–H and O–H groups in total. The van der Waals surface area contributed by atoms with Gasteiger partial charge in [0.2, 0.25) is 0 Å². The third-order valence-electron chi connectivity index (χ3n) is 5.19. The van der Waals surface area contributed by atoms with Crippen LogP contribution in [0.4, 0.5) is 13.6 Å². The largest absolute Gasteiger partial charge is 0.467 e. The number of hydrogen-bond donors (Lipinski definition) is 1. The third-order valence-corrected chi connectivity index (χ3v) is 6.90. The second-order valence-corrected chi connectivity index (χ2v) is 11.2. The number of alkyl carbamates (subject to hydrolysis) is 1. The number of carbonyl (C=O) groups excluding carboxylic acids is 2. The molecule has 10 heteroatoms. The SMILES string of the molecule is COC(=O)[C@H](NC(=O)OC(C)(C)C)c1cccc(CS(=O)(=O)c2ccc(-c3ccc(F)cc3F)cc2)c1. The Kier molecular flexibility index (Phi) is 8.32. The van der Waals surface area contributed by atoms with Crippen molar-refractivity contribution in [3.8, 4) is 11.1 Å². The molecule has 7 nitrogen and oxygen atoms in total. The van der Waals surface area contributed by atoms with Gasteiger partial charge in [-0.05, 0) is 61.7 Å². The van der Waals surface area contributed by atoms with Crippen LogP contribution < -0.4 is 5.32 Å². The van der Waals surface area contributed by atoms with Crippen molar-refractivity contribution in [3.63, 3.8) is 0 Å². The summed E-state index contributed by atoms with van der Waals surface area (Å²) in [5, 5.41) is 2.45. The average Bonchev–Trinajstić information content (AvgIpc) is 2.81. The van der Waals surface area contributed by atoms with Crippen LogP contribution in [0.3, 0.4) is 0 Å². The van der Waals surface area contributed by atoms with E-state index < -0.39 is 50.9 Å². The van der Waals surface area contributed by atoms with Crippen molar-refractivity contribution < 1.29 is 36.3 Å². The zero-order valence-electron chi connectivity index (χ0n) is 20.7. The summed E-state index contributed by atoms with van der Waals surface area (Å²) >= 11 is 0. The van der Waals surface area contributed by atoms with Crippen LogP contribution in [0.2, 0.25) is 0 Å². The van der Waals surface area contributed by atoms with Crippen LogP contribution in [0.1, 0.15) is 37.9 Å². The van der Waals surface area contributed by atoms with E-state index in [1.807, 2.05) is 0 Å². The average molecular weight is 532 g/mol. The van der Waals surface area contributed by atoms with E-state index in [-0.39, 0.29) is 10.5 Å². The van der Waals surface area contributed by atoms with Gasteiger partial charge in [0, 0.05) is 11.6 Å². The molecule has 0 heterocycles. The minimum absolute atomic E-state index is 0.000529. The minimum Gasteiger partial charge on any atom is -0.467 e. The summed E-state index contributed by atoms with van der Waals surface area (Å²) in [6.07, 6.45) is -0.835. The molecule has 0 spiro atoms. The van der Waals surface area contributed by atoms with Gasteiger partial charge in [0.25, 0.3) is 0 Å². The van der Waals surface area contributed by atoms with Crippen molar-refractivity contribution in [2.75, 3.05) is 7.11 Å². The number of nitrogens with one attached hydrogen (secondary N) is 1. The molecule has 0 aromatic heterocycles. The summed E-state index contributed by atoms with van der Waals surface area (Å²) < 4.78 is 63.4. The zero-order chi connectivity index (χ0) is 27.4. The van der Waals surface area contributed by atoms with E-state index in [0.29, 0.717) is 16.7 Å². The molecule has 0 aliphatic rings. The van der Waals surface area contributed by atoms with Gasteiger partial charge in [-0.25, -0.2) is 26.8 Å². The monoisotopic (exact) mass is 531 g/mol. The molecular formula is C27H27F2NO6S. The second kappa shape index (κ2) is 11.1. The van der Waals surface area contributed by atoms with Crippen molar-refractivity contribution in [2.24, 2.45) is 0 Å². The molecule has 0 saturated carbocycles. The Bertz CT molecular complexity index is 1400. The predicted octanol–water partition coefficient (Wildman–Crippen LogP) is 5.34. The van der Waals surface area contributed by atoms with E-state index in [0.717, 1.165) is 12.1 Å². The molecule has 3 aromatic rings. The maximum atomic E-state index is 14.1. The Morgan fingerprint density at radius 1 is 0.973 bits per heavy atom. The Labute approximate surface area is 214 Å². The standard InChI is InChI=1S/C27H27F2NO6S/c1-27(2,3)36-26(32)30-24(25(31)35-4)19-7-5-6-17(14-19)16-37(33,34)21-11-8-18(9-12-21)22-13-10-20(28)15-23(22)29/h5-15,24H,16H2,1-4H3,(H,30,32)/t24-/m1/s1. The highest BCUT2D eigenvalue weighted by Gasteiger charge is 2.27. The molecule has 0 fully saturated rings. The minimum atomic E-state index is -3.83. The molecule has 37 heavy (non-hydrogen) atoms. The molecule has 3 rings (SSSR count). The van der Waals surface area contributed by atoms with Crippen molar-refractivity contribution in [1.82, 2.24) is 5.32 Å². The van der Waals surface area contributed by atoms with Gasteiger partial charge in [0.15, 0.2) is 15.9 Å². The van der Waals surface area contributed by atoms with E-state index in [2.05, 4.69) is 5.32 Å². The fraction of sp³-hybridized carbons (Fsp3) is 0.259. The van der Waals surface area contributed by atoms with Crippen molar-refractivity contribution in [3.05, 3.63) is 89.5 Å². The van der Waals surface area contributed by atoms with Gasteiger partial charge in [0.05, 0.1) is 17.8 Å². The summed E-state index contributed by atoms with van der Waals surface area (Å²) in [4.78, 5) is 24.6. The number of benzene rings is 3. The fourth-order valence-corrected chi connectivity index (χ4v) is 4.89. The number of ether oxygens (including phenoxy) is 2. The molecule has 1 atom stereocenters. The molecule has 0 aliphatic heterocycles. The summed E-state index contributed by atoms with van der Waals surface area (Å²) in [7, 11) is -2.66. The molecular weight excluding hydrogens is 504 g/mol. The third kappa shape index (κ3) is 7.36. The van der Waals surface area contributed by atoms with Crippen LogP contribution in [0, 0.1) is 11.6 Å². The molecule has 3 aromatic carbocycles. The van der Waals surface area contributed by atoms with Crippen LogP contribution in [0.25, 0.3) is 11.1 Å². The first-order valence-corrected chi connectivity index (χ1v) is 12.9. The number of hydrogen-bond acceptors (Lipinski definition) is 6. The van der Waals surface area contributed by atoms with Gasteiger partial charge in [-0.2, -0.15) is 0 Å². The first-order valence-electron chi connectivity index (χ1n) is 11.2. The normalized spacial score (nSPS) is 12.5. The Morgan fingerprint density at radius 3 is 2.24 bits per heavy atom. The highest BCUT2D eigenvalue weighted by atomic mass is 32.2. The van der Waals surface area contributed by atoms with Gasteiger partial charge in [-0.3, -0.25) is 0 Å². The van der Waals surface area contributed by atoms with Crippen LogP contribution in [-0.2, 0) is 29.9 Å². The molecule has 0 saturated heterocycles. The van der Waals surface area contributed by atoms with Gasteiger partial charge in [0.1, 0.15) is 17.2 Å². The van der Waals surface area contributed by atoms with Crippen LogP contribution >= 0.6 is 0 Å². The van der Waals surface area contributed by atoms with Crippen LogP contribution in [0.5, 0.6) is 0 Å². The number of amides is 1. The highest BCUT2D eigenvalue weighted by Crippen LogP contribution is 2.26. The number of sulfone groups is 1. The number of rotatable bonds is 7. The van der Waals surface area contributed by atoms with Gasteiger partial charge in [-0.1, -0.05) is 36.4 Å². The first kappa shape index (κ1) is 27.8. The first-order chi connectivity index (χ1) is 17.3. The molecule has 1 amide bonds. The van der Waals surface area contributed by atoms with Crippen molar-refractivity contribution in [1.29, 1.82) is 0 Å². The number of carbonyl (C=O) groups is 2. The Morgan fingerprint density at radius 2 is 1.65 bits per heavy atom. The summed E-state index contributed by atoms with van der Waals surface area (Å²) in [5.74, 6) is -2.62. The molecule has 0 radical (unpaired) electrons. The van der Waals surface area contributed by atoms with Gasteiger partial charge >= 0.3 is 12.1 Å². The molecule has 0 unspecified atom stereocenters. The zero-order valence-corrected chi connectivity index (χ0v) is 21.6. The molecule has 0 bridgehead atoms.